The number of carbonyl (C=O) groups is 3. The number of rotatable bonds is 4. The molecule has 1 aromatic carbocycles. The summed E-state index contributed by atoms with van der Waals surface area (Å²) in [6.45, 7) is 0.961. The molecular formula is C19H24N2O4S. The van der Waals surface area contributed by atoms with E-state index in [2.05, 4.69) is 5.32 Å². The van der Waals surface area contributed by atoms with Gasteiger partial charge in [0.1, 0.15) is 5.54 Å². The fraction of sp³-hybridized carbons (Fsp3) is 0.526. The van der Waals surface area contributed by atoms with Gasteiger partial charge < -0.3 is 15.3 Å². The molecule has 0 aromatic heterocycles. The number of thioether (sulfide) groups is 1. The third-order valence-corrected chi connectivity index (χ3v) is 6.20. The first-order valence-corrected chi connectivity index (χ1v) is 10.1. The van der Waals surface area contributed by atoms with Crippen LogP contribution in [0.4, 0.5) is 0 Å². The van der Waals surface area contributed by atoms with Crippen LogP contribution in [-0.4, -0.2) is 57.9 Å². The van der Waals surface area contributed by atoms with Crippen molar-refractivity contribution < 1.29 is 19.5 Å². The lowest BCUT2D eigenvalue weighted by molar-refractivity contribution is -0.149. The minimum Gasteiger partial charge on any atom is -0.480 e. The number of nitrogens with zero attached hydrogens (tertiary/aromatic N) is 1. The Labute approximate surface area is 157 Å². The maximum absolute atomic E-state index is 12.8. The zero-order chi connectivity index (χ0) is 18.6. The molecule has 7 heteroatoms. The highest BCUT2D eigenvalue weighted by Crippen LogP contribution is 2.29. The minimum atomic E-state index is -1.16. The zero-order valence-electron chi connectivity index (χ0n) is 14.6. The lowest BCUT2D eigenvalue weighted by Crippen LogP contribution is -2.59. The summed E-state index contributed by atoms with van der Waals surface area (Å²) in [4.78, 5) is 38.9. The van der Waals surface area contributed by atoms with Gasteiger partial charge in [-0.2, -0.15) is 11.8 Å². The summed E-state index contributed by atoms with van der Waals surface area (Å²) < 4.78 is 0. The second-order valence-corrected chi connectivity index (χ2v) is 8.17. The van der Waals surface area contributed by atoms with E-state index in [0.717, 1.165) is 17.9 Å². The number of hydrogen-bond acceptors (Lipinski definition) is 4. The van der Waals surface area contributed by atoms with Crippen LogP contribution in [0.2, 0.25) is 0 Å². The zero-order valence-corrected chi connectivity index (χ0v) is 15.5. The summed E-state index contributed by atoms with van der Waals surface area (Å²) >= 11 is 1.71. The fourth-order valence-electron chi connectivity index (χ4n) is 3.59. The predicted octanol–water partition coefficient (Wildman–Crippen LogP) is 2.01. The van der Waals surface area contributed by atoms with Crippen LogP contribution in [0, 0.1) is 5.92 Å². The Morgan fingerprint density at radius 3 is 2.50 bits per heavy atom. The van der Waals surface area contributed by atoms with Crippen LogP contribution in [-0.2, 0) is 9.59 Å². The molecule has 2 amide bonds. The van der Waals surface area contributed by atoms with Gasteiger partial charge in [-0.3, -0.25) is 9.59 Å². The highest BCUT2D eigenvalue weighted by atomic mass is 32.2. The second-order valence-electron chi connectivity index (χ2n) is 6.95. The fourth-order valence-corrected chi connectivity index (χ4v) is 4.78. The standard InChI is InChI=1S/C19H24N2O4S/c22-16(20-19(18(24)25)8-11-26-12-9-19)15-7-4-10-21(13-15)17(23)14-5-2-1-3-6-14/h1-3,5-6,15H,4,7-13H2,(H,20,22)(H,24,25). The molecule has 2 fully saturated rings. The van der Waals surface area contributed by atoms with Crippen molar-refractivity contribution >= 4 is 29.5 Å². The number of nitrogens with one attached hydrogen (secondary N) is 1. The maximum Gasteiger partial charge on any atom is 0.329 e. The minimum absolute atomic E-state index is 0.0786. The topological polar surface area (TPSA) is 86.7 Å². The van der Waals surface area contributed by atoms with Gasteiger partial charge in [0.05, 0.1) is 5.92 Å². The monoisotopic (exact) mass is 376 g/mol. The Kier molecular flexibility index (Phi) is 5.86. The first kappa shape index (κ1) is 18.8. The summed E-state index contributed by atoms with van der Waals surface area (Å²) in [6.07, 6.45) is 2.30. The van der Waals surface area contributed by atoms with Crippen LogP contribution in [0.15, 0.2) is 30.3 Å². The Balaban J connectivity index is 1.66. The SMILES string of the molecule is O=C(NC1(C(=O)O)CCSCC1)C1CCCN(C(=O)c2ccccc2)C1. The number of benzene rings is 1. The van der Waals surface area contributed by atoms with Crippen LogP contribution < -0.4 is 5.32 Å². The smallest absolute Gasteiger partial charge is 0.329 e. The number of piperidine rings is 1. The van der Waals surface area contributed by atoms with E-state index < -0.39 is 11.5 Å². The third-order valence-electron chi connectivity index (χ3n) is 5.22. The largest absolute Gasteiger partial charge is 0.480 e. The van der Waals surface area contributed by atoms with Gasteiger partial charge in [-0.1, -0.05) is 18.2 Å². The number of hydrogen-bond donors (Lipinski definition) is 2. The molecule has 140 valence electrons. The van der Waals surface area contributed by atoms with Gasteiger partial charge in [-0.25, -0.2) is 4.79 Å². The Morgan fingerprint density at radius 1 is 1.15 bits per heavy atom. The first-order chi connectivity index (χ1) is 12.5. The summed E-state index contributed by atoms with van der Waals surface area (Å²) in [5.74, 6) is -0.178. The van der Waals surface area contributed by atoms with Gasteiger partial charge in [-0.05, 0) is 49.3 Å². The van der Waals surface area contributed by atoms with Crippen LogP contribution in [0.5, 0.6) is 0 Å². The molecule has 0 bridgehead atoms. The van der Waals surface area contributed by atoms with E-state index in [9.17, 15) is 19.5 Å². The molecule has 1 aromatic rings. The second kappa shape index (κ2) is 8.12. The Morgan fingerprint density at radius 2 is 1.85 bits per heavy atom. The molecule has 0 saturated carbocycles. The molecule has 1 unspecified atom stereocenters. The molecule has 2 aliphatic rings. The van der Waals surface area contributed by atoms with E-state index in [-0.39, 0.29) is 17.7 Å². The highest BCUT2D eigenvalue weighted by molar-refractivity contribution is 7.99. The van der Waals surface area contributed by atoms with Crippen molar-refractivity contribution in [2.45, 2.75) is 31.2 Å². The Bertz CT molecular complexity index is 673. The predicted molar refractivity (Wildman–Crippen MR) is 100 cm³/mol. The van der Waals surface area contributed by atoms with E-state index in [4.69, 9.17) is 0 Å². The van der Waals surface area contributed by atoms with Crippen molar-refractivity contribution in [3.05, 3.63) is 35.9 Å². The molecule has 0 spiro atoms. The van der Waals surface area contributed by atoms with Crippen molar-refractivity contribution in [1.82, 2.24) is 10.2 Å². The van der Waals surface area contributed by atoms with Crippen molar-refractivity contribution in [2.24, 2.45) is 5.92 Å². The van der Waals surface area contributed by atoms with E-state index in [1.54, 1.807) is 28.8 Å². The molecule has 6 nitrogen and oxygen atoms in total. The molecule has 3 rings (SSSR count). The van der Waals surface area contributed by atoms with Gasteiger partial charge in [0.25, 0.3) is 5.91 Å². The van der Waals surface area contributed by atoms with E-state index in [0.29, 0.717) is 37.9 Å². The van der Waals surface area contributed by atoms with Gasteiger partial charge in [-0.15, -0.1) is 0 Å². The molecule has 2 aliphatic heterocycles. The summed E-state index contributed by atoms with van der Waals surface area (Å²) in [5, 5.41) is 12.4. The number of amides is 2. The molecule has 0 radical (unpaired) electrons. The molecule has 2 heterocycles. The molecular weight excluding hydrogens is 352 g/mol. The van der Waals surface area contributed by atoms with Crippen LogP contribution in [0.25, 0.3) is 0 Å². The van der Waals surface area contributed by atoms with Crippen molar-refractivity contribution in [3.8, 4) is 0 Å². The van der Waals surface area contributed by atoms with Crippen LogP contribution in [0.1, 0.15) is 36.0 Å². The number of likely N-dealkylation sites (tertiary alicyclic amines) is 1. The number of carbonyl (C=O) groups excluding carboxylic acids is 2. The van der Waals surface area contributed by atoms with Crippen LogP contribution in [0.3, 0.4) is 0 Å². The average Bonchev–Trinajstić information content (AvgIpc) is 2.68. The van der Waals surface area contributed by atoms with Gasteiger partial charge in [0.2, 0.25) is 5.91 Å². The van der Waals surface area contributed by atoms with Gasteiger partial charge in [0.15, 0.2) is 0 Å². The number of carboxylic acid groups (broad SMARTS) is 1. The van der Waals surface area contributed by atoms with Gasteiger partial charge in [0, 0.05) is 18.7 Å². The Hall–Kier alpha value is -2.02. The molecule has 2 N–H and O–H groups in total. The van der Waals surface area contributed by atoms with Crippen molar-refractivity contribution in [3.63, 3.8) is 0 Å². The van der Waals surface area contributed by atoms with E-state index >= 15 is 0 Å². The van der Waals surface area contributed by atoms with E-state index in [1.165, 1.54) is 0 Å². The number of aliphatic carboxylic acids is 1. The molecule has 2 saturated heterocycles. The number of carboxylic acids is 1. The van der Waals surface area contributed by atoms with E-state index in [1.807, 2.05) is 18.2 Å². The third kappa shape index (κ3) is 4.03. The highest BCUT2D eigenvalue weighted by Gasteiger charge is 2.43. The van der Waals surface area contributed by atoms with Crippen LogP contribution >= 0.6 is 11.8 Å². The van der Waals surface area contributed by atoms with Crippen molar-refractivity contribution in [1.29, 1.82) is 0 Å². The molecule has 0 aliphatic carbocycles. The maximum atomic E-state index is 12.8. The van der Waals surface area contributed by atoms with Gasteiger partial charge >= 0.3 is 5.97 Å². The lowest BCUT2D eigenvalue weighted by Gasteiger charge is -2.37. The molecule has 1 atom stereocenters. The summed E-state index contributed by atoms with van der Waals surface area (Å²) in [6, 6.07) is 9.03. The molecule has 26 heavy (non-hydrogen) atoms. The lowest BCUT2D eigenvalue weighted by atomic mass is 9.89. The normalized spacial score (nSPS) is 22.5. The first-order valence-electron chi connectivity index (χ1n) is 8.99. The summed E-state index contributed by atoms with van der Waals surface area (Å²) in [5.41, 5.74) is -0.548. The van der Waals surface area contributed by atoms with Crippen molar-refractivity contribution in [2.75, 3.05) is 24.6 Å². The quantitative estimate of drug-likeness (QED) is 0.839. The average molecular weight is 376 g/mol. The summed E-state index contributed by atoms with van der Waals surface area (Å²) in [7, 11) is 0.